The summed E-state index contributed by atoms with van der Waals surface area (Å²) in [6.45, 7) is 3.85. The standard InChI is InChI=1S/C16H26BrN3O2/c1-6-7-8-20(3)16(18-2)19-11-12-9-13(17)15(22-5)14(10-12)21-4/h9-10H,6-8,11H2,1-5H3,(H,18,19). The predicted molar refractivity (Wildman–Crippen MR) is 95.0 cm³/mol. The summed E-state index contributed by atoms with van der Waals surface area (Å²) in [5.41, 5.74) is 1.09. The van der Waals surface area contributed by atoms with Crippen LogP contribution in [0.1, 0.15) is 25.3 Å². The van der Waals surface area contributed by atoms with Gasteiger partial charge in [0, 0.05) is 27.2 Å². The second-order valence-corrected chi connectivity index (χ2v) is 5.84. The van der Waals surface area contributed by atoms with Gasteiger partial charge in [0.25, 0.3) is 0 Å². The summed E-state index contributed by atoms with van der Waals surface area (Å²) < 4.78 is 11.6. The van der Waals surface area contributed by atoms with E-state index >= 15 is 0 Å². The fraction of sp³-hybridized carbons (Fsp3) is 0.562. The zero-order valence-corrected chi connectivity index (χ0v) is 15.7. The molecule has 22 heavy (non-hydrogen) atoms. The SMILES string of the molecule is CCCCN(C)C(=NC)NCc1cc(Br)c(OC)c(OC)c1. The van der Waals surface area contributed by atoms with Gasteiger partial charge in [-0.1, -0.05) is 13.3 Å². The van der Waals surface area contributed by atoms with Crippen molar-refractivity contribution in [3.8, 4) is 11.5 Å². The van der Waals surface area contributed by atoms with Crippen molar-refractivity contribution in [2.24, 2.45) is 4.99 Å². The third-order valence-corrected chi connectivity index (χ3v) is 3.95. The van der Waals surface area contributed by atoms with Crippen molar-refractivity contribution in [3.63, 3.8) is 0 Å². The Morgan fingerprint density at radius 3 is 2.59 bits per heavy atom. The van der Waals surface area contributed by atoms with Gasteiger partial charge in [-0.05, 0) is 40.0 Å². The van der Waals surface area contributed by atoms with E-state index in [0.717, 1.165) is 29.0 Å². The molecular formula is C16H26BrN3O2. The zero-order valence-electron chi connectivity index (χ0n) is 14.1. The third kappa shape index (κ3) is 5.09. The highest BCUT2D eigenvalue weighted by molar-refractivity contribution is 9.10. The first-order valence-corrected chi connectivity index (χ1v) is 8.18. The Labute approximate surface area is 141 Å². The van der Waals surface area contributed by atoms with Crippen molar-refractivity contribution in [3.05, 3.63) is 22.2 Å². The number of rotatable bonds is 7. The van der Waals surface area contributed by atoms with Gasteiger partial charge in [0.05, 0.1) is 18.7 Å². The summed E-state index contributed by atoms with van der Waals surface area (Å²) in [4.78, 5) is 6.46. The van der Waals surface area contributed by atoms with Gasteiger partial charge in [-0.2, -0.15) is 0 Å². The van der Waals surface area contributed by atoms with Crippen LogP contribution in [0.2, 0.25) is 0 Å². The van der Waals surface area contributed by atoms with E-state index in [1.54, 1.807) is 21.3 Å². The number of ether oxygens (including phenoxy) is 2. The minimum absolute atomic E-state index is 0.669. The average Bonchev–Trinajstić information content (AvgIpc) is 2.52. The average molecular weight is 372 g/mol. The summed E-state index contributed by atoms with van der Waals surface area (Å²) in [5, 5.41) is 3.37. The van der Waals surface area contributed by atoms with Crippen molar-refractivity contribution in [1.29, 1.82) is 0 Å². The van der Waals surface area contributed by atoms with Gasteiger partial charge in [-0.25, -0.2) is 0 Å². The van der Waals surface area contributed by atoms with E-state index in [4.69, 9.17) is 9.47 Å². The highest BCUT2D eigenvalue weighted by Crippen LogP contribution is 2.36. The molecular weight excluding hydrogens is 346 g/mol. The highest BCUT2D eigenvalue weighted by Gasteiger charge is 2.11. The molecule has 0 bridgehead atoms. The second-order valence-electron chi connectivity index (χ2n) is 4.99. The number of guanidine groups is 1. The molecule has 124 valence electrons. The molecule has 5 nitrogen and oxygen atoms in total. The molecule has 1 aromatic carbocycles. The maximum absolute atomic E-state index is 5.37. The Morgan fingerprint density at radius 2 is 2.05 bits per heavy atom. The van der Waals surface area contributed by atoms with E-state index in [1.165, 1.54) is 6.42 Å². The van der Waals surface area contributed by atoms with Crippen LogP contribution in [0.15, 0.2) is 21.6 Å². The second kappa shape index (κ2) is 9.56. The van der Waals surface area contributed by atoms with Gasteiger partial charge in [0.2, 0.25) is 0 Å². The molecule has 1 aromatic rings. The Morgan fingerprint density at radius 1 is 1.32 bits per heavy atom. The number of unbranched alkanes of at least 4 members (excludes halogenated alkanes) is 1. The van der Waals surface area contributed by atoms with Crippen LogP contribution >= 0.6 is 15.9 Å². The van der Waals surface area contributed by atoms with Gasteiger partial charge in [0.1, 0.15) is 0 Å². The lowest BCUT2D eigenvalue weighted by molar-refractivity contribution is 0.352. The number of aliphatic imine (C=N–C) groups is 1. The topological polar surface area (TPSA) is 46.1 Å². The molecule has 0 aliphatic heterocycles. The molecule has 1 N–H and O–H groups in total. The van der Waals surface area contributed by atoms with E-state index < -0.39 is 0 Å². The molecule has 0 aromatic heterocycles. The molecule has 0 amide bonds. The van der Waals surface area contributed by atoms with Gasteiger partial charge >= 0.3 is 0 Å². The first-order chi connectivity index (χ1) is 10.6. The molecule has 0 aliphatic carbocycles. The van der Waals surface area contributed by atoms with Gasteiger partial charge in [-0.15, -0.1) is 0 Å². The Bertz CT molecular complexity index is 506. The minimum Gasteiger partial charge on any atom is -0.493 e. The van der Waals surface area contributed by atoms with Crippen LogP contribution < -0.4 is 14.8 Å². The predicted octanol–water partition coefficient (Wildman–Crippen LogP) is 3.27. The molecule has 6 heteroatoms. The van der Waals surface area contributed by atoms with Crippen LogP contribution in [0.3, 0.4) is 0 Å². The fourth-order valence-electron chi connectivity index (χ4n) is 2.14. The summed E-state index contributed by atoms with van der Waals surface area (Å²) in [5.74, 6) is 2.30. The summed E-state index contributed by atoms with van der Waals surface area (Å²) >= 11 is 3.51. The molecule has 0 unspecified atom stereocenters. The fourth-order valence-corrected chi connectivity index (χ4v) is 2.79. The maximum atomic E-state index is 5.37. The van der Waals surface area contributed by atoms with Crippen LogP contribution in [0.4, 0.5) is 0 Å². The number of halogens is 1. The van der Waals surface area contributed by atoms with Crippen molar-refractivity contribution < 1.29 is 9.47 Å². The van der Waals surface area contributed by atoms with Crippen molar-refractivity contribution in [2.45, 2.75) is 26.3 Å². The van der Waals surface area contributed by atoms with Crippen molar-refractivity contribution in [2.75, 3.05) is 34.9 Å². The molecule has 0 radical (unpaired) electrons. The Kier molecular flexibility index (Phi) is 8.09. The first kappa shape index (κ1) is 18.6. The number of hydrogen-bond acceptors (Lipinski definition) is 3. The van der Waals surface area contributed by atoms with Crippen LogP contribution in [-0.4, -0.2) is 45.7 Å². The molecule has 0 aliphatic rings. The molecule has 0 fully saturated rings. The number of hydrogen-bond donors (Lipinski definition) is 1. The molecule has 0 heterocycles. The molecule has 1 rings (SSSR count). The van der Waals surface area contributed by atoms with Crippen molar-refractivity contribution >= 4 is 21.9 Å². The summed E-state index contributed by atoms with van der Waals surface area (Å²) in [6, 6.07) is 3.99. The number of nitrogens with one attached hydrogen (secondary N) is 1. The Hall–Kier alpha value is -1.43. The van der Waals surface area contributed by atoms with Crippen molar-refractivity contribution in [1.82, 2.24) is 10.2 Å². The summed E-state index contributed by atoms with van der Waals surface area (Å²) in [7, 11) is 7.12. The molecule has 0 saturated carbocycles. The Balaban J connectivity index is 2.76. The minimum atomic E-state index is 0.669. The zero-order chi connectivity index (χ0) is 16.5. The van der Waals surface area contributed by atoms with E-state index in [-0.39, 0.29) is 0 Å². The van der Waals surface area contributed by atoms with Gasteiger partial charge in [0.15, 0.2) is 17.5 Å². The van der Waals surface area contributed by atoms with Crippen LogP contribution in [0.25, 0.3) is 0 Å². The van der Waals surface area contributed by atoms with E-state index in [2.05, 4.69) is 45.1 Å². The summed E-state index contributed by atoms with van der Waals surface area (Å²) in [6.07, 6.45) is 2.32. The molecule has 0 saturated heterocycles. The number of methoxy groups -OCH3 is 2. The number of benzene rings is 1. The number of nitrogens with zero attached hydrogens (tertiary/aromatic N) is 2. The highest BCUT2D eigenvalue weighted by atomic mass is 79.9. The van der Waals surface area contributed by atoms with Crippen LogP contribution in [-0.2, 0) is 6.54 Å². The van der Waals surface area contributed by atoms with E-state index in [9.17, 15) is 0 Å². The van der Waals surface area contributed by atoms with E-state index in [1.807, 2.05) is 12.1 Å². The maximum Gasteiger partial charge on any atom is 0.193 e. The quantitative estimate of drug-likeness (QED) is 0.590. The lowest BCUT2D eigenvalue weighted by atomic mass is 10.2. The first-order valence-electron chi connectivity index (χ1n) is 7.39. The monoisotopic (exact) mass is 371 g/mol. The normalized spacial score (nSPS) is 11.3. The third-order valence-electron chi connectivity index (χ3n) is 3.36. The van der Waals surface area contributed by atoms with Crippen LogP contribution in [0, 0.1) is 0 Å². The molecule has 0 spiro atoms. The largest absolute Gasteiger partial charge is 0.493 e. The molecule has 0 atom stereocenters. The van der Waals surface area contributed by atoms with Crippen LogP contribution in [0.5, 0.6) is 11.5 Å². The smallest absolute Gasteiger partial charge is 0.193 e. The van der Waals surface area contributed by atoms with E-state index in [0.29, 0.717) is 18.0 Å². The van der Waals surface area contributed by atoms with Gasteiger partial charge < -0.3 is 19.7 Å². The van der Waals surface area contributed by atoms with Gasteiger partial charge in [-0.3, -0.25) is 4.99 Å². The lowest BCUT2D eigenvalue weighted by Gasteiger charge is -2.22. The lowest BCUT2D eigenvalue weighted by Crippen LogP contribution is -2.38.